The zero-order chi connectivity index (χ0) is 22.1. The minimum atomic E-state index is -0.399. The van der Waals surface area contributed by atoms with Gasteiger partial charge in [0.2, 0.25) is 5.91 Å². The summed E-state index contributed by atoms with van der Waals surface area (Å²) in [5, 5.41) is 4.40. The number of pyridine rings is 1. The Morgan fingerprint density at radius 1 is 1.06 bits per heavy atom. The topological polar surface area (TPSA) is 80.5 Å². The number of morpholine rings is 1. The Hall–Kier alpha value is -2.84. The highest BCUT2D eigenvalue weighted by Gasteiger charge is 2.30. The van der Waals surface area contributed by atoms with Crippen molar-refractivity contribution in [2.24, 2.45) is 5.92 Å². The number of halogens is 1. The molecule has 8 heteroatoms. The van der Waals surface area contributed by atoms with Crippen LogP contribution in [0.4, 0.5) is 10.2 Å². The van der Waals surface area contributed by atoms with Crippen molar-refractivity contribution in [3.05, 3.63) is 42.3 Å². The highest BCUT2D eigenvalue weighted by atomic mass is 19.1. The maximum absolute atomic E-state index is 14.5. The average Bonchev–Trinajstić information content (AvgIpc) is 3.25. The van der Waals surface area contributed by atoms with E-state index >= 15 is 0 Å². The van der Waals surface area contributed by atoms with Crippen molar-refractivity contribution in [1.82, 2.24) is 14.9 Å². The quantitative estimate of drug-likeness (QED) is 0.659. The third-order valence-electron chi connectivity index (χ3n) is 6.58. The number of ether oxygens (including phenoxy) is 1. The lowest BCUT2D eigenvalue weighted by atomic mass is 9.84. The molecule has 5 rings (SSSR count). The van der Waals surface area contributed by atoms with Crippen LogP contribution in [-0.4, -0.2) is 53.1 Å². The molecular weight excluding hydrogens is 411 g/mol. The summed E-state index contributed by atoms with van der Waals surface area (Å²) in [4.78, 5) is 23.7. The minimum Gasteiger partial charge on any atom is -0.441 e. The molecule has 1 amide bonds. The van der Waals surface area contributed by atoms with Crippen molar-refractivity contribution in [2.75, 3.05) is 31.6 Å². The molecule has 168 valence electrons. The molecule has 0 unspecified atom stereocenters. The van der Waals surface area contributed by atoms with Crippen molar-refractivity contribution >= 4 is 22.5 Å². The van der Waals surface area contributed by atoms with E-state index in [9.17, 15) is 9.18 Å². The predicted molar refractivity (Wildman–Crippen MR) is 119 cm³/mol. The molecule has 1 aromatic carbocycles. The van der Waals surface area contributed by atoms with E-state index in [4.69, 9.17) is 9.15 Å². The van der Waals surface area contributed by atoms with Crippen LogP contribution in [0, 0.1) is 18.7 Å². The monoisotopic (exact) mass is 438 g/mol. The number of anilines is 1. The van der Waals surface area contributed by atoms with Gasteiger partial charge in [-0.25, -0.2) is 14.4 Å². The first-order valence-corrected chi connectivity index (χ1v) is 11.2. The maximum atomic E-state index is 14.5. The van der Waals surface area contributed by atoms with Crippen LogP contribution in [0.1, 0.15) is 31.6 Å². The van der Waals surface area contributed by atoms with Crippen LogP contribution in [0.25, 0.3) is 22.1 Å². The number of nitrogens with one attached hydrogen (secondary N) is 1. The van der Waals surface area contributed by atoms with Crippen LogP contribution in [0.2, 0.25) is 0 Å². The summed E-state index contributed by atoms with van der Waals surface area (Å²) >= 11 is 0. The molecule has 1 aliphatic carbocycles. The lowest BCUT2D eigenvalue weighted by molar-refractivity contribution is -0.121. The molecule has 3 aromatic rings. The fourth-order valence-electron chi connectivity index (χ4n) is 4.78. The summed E-state index contributed by atoms with van der Waals surface area (Å²) < 4.78 is 25.5. The molecule has 1 saturated heterocycles. The van der Waals surface area contributed by atoms with Gasteiger partial charge in [0.1, 0.15) is 11.6 Å². The largest absolute Gasteiger partial charge is 0.441 e. The molecule has 0 atom stereocenters. The first-order valence-electron chi connectivity index (χ1n) is 11.2. The average molecular weight is 439 g/mol. The van der Waals surface area contributed by atoms with Crippen LogP contribution in [0.3, 0.4) is 0 Å². The fraction of sp³-hybridized carbons (Fsp3) is 0.458. The van der Waals surface area contributed by atoms with E-state index in [1.54, 1.807) is 25.3 Å². The summed E-state index contributed by atoms with van der Waals surface area (Å²) in [6.45, 7) is 5.29. The second-order valence-corrected chi connectivity index (χ2v) is 8.64. The lowest BCUT2D eigenvalue weighted by Gasteiger charge is -2.38. The Balaban J connectivity index is 1.26. The standard InChI is InChI=1S/C24H27FN4O3/c1-15-26-14-22(32-15)20-10-17-12-23(27-13-18(17)11-21(20)25)28-24(30)16-2-4-19(5-3-16)29-6-8-31-9-7-29/h10-14,16,19H,2-9H2,1H3,(H,27,28,30)/t16-,19-. The van der Waals surface area contributed by atoms with Gasteiger partial charge >= 0.3 is 0 Å². The lowest BCUT2D eigenvalue weighted by Crippen LogP contribution is -2.45. The van der Waals surface area contributed by atoms with Crippen LogP contribution < -0.4 is 5.32 Å². The van der Waals surface area contributed by atoms with Gasteiger partial charge in [-0.1, -0.05) is 0 Å². The number of oxazole rings is 1. The van der Waals surface area contributed by atoms with Crippen LogP contribution in [0.15, 0.2) is 35.0 Å². The number of aryl methyl sites for hydroxylation is 1. The zero-order valence-electron chi connectivity index (χ0n) is 18.1. The third-order valence-corrected chi connectivity index (χ3v) is 6.58. The molecule has 1 N–H and O–H groups in total. The smallest absolute Gasteiger partial charge is 0.228 e. The van der Waals surface area contributed by atoms with Gasteiger partial charge in [0.05, 0.1) is 25.0 Å². The molecule has 2 aliphatic rings. The van der Waals surface area contributed by atoms with Gasteiger partial charge in [0, 0.05) is 43.6 Å². The number of rotatable bonds is 4. The van der Waals surface area contributed by atoms with Gasteiger partial charge in [0.25, 0.3) is 0 Å². The van der Waals surface area contributed by atoms with E-state index in [-0.39, 0.29) is 11.8 Å². The third kappa shape index (κ3) is 4.38. The van der Waals surface area contributed by atoms with Crippen molar-refractivity contribution in [1.29, 1.82) is 0 Å². The molecule has 0 bridgehead atoms. The summed E-state index contributed by atoms with van der Waals surface area (Å²) in [7, 11) is 0. The Morgan fingerprint density at radius 3 is 2.56 bits per heavy atom. The first kappa shape index (κ1) is 21.0. The minimum absolute atomic E-state index is 0.00507. The molecule has 32 heavy (non-hydrogen) atoms. The first-order chi connectivity index (χ1) is 15.6. The highest BCUT2D eigenvalue weighted by Crippen LogP contribution is 2.31. The van der Waals surface area contributed by atoms with Crippen molar-refractivity contribution in [3.63, 3.8) is 0 Å². The van der Waals surface area contributed by atoms with Gasteiger partial charge in [0.15, 0.2) is 11.7 Å². The normalized spacial score (nSPS) is 22.2. The van der Waals surface area contributed by atoms with Gasteiger partial charge in [-0.3, -0.25) is 9.69 Å². The second kappa shape index (κ2) is 8.96. The molecule has 1 aliphatic heterocycles. The van der Waals surface area contributed by atoms with Crippen LogP contribution in [-0.2, 0) is 9.53 Å². The van der Waals surface area contributed by atoms with Crippen molar-refractivity contribution in [2.45, 2.75) is 38.6 Å². The molecular formula is C24H27FN4O3. The molecule has 7 nitrogen and oxygen atoms in total. The van der Waals surface area contributed by atoms with Crippen LogP contribution >= 0.6 is 0 Å². The van der Waals surface area contributed by atoms with Crippen LogP contribution in [0.5, 0.6) is 0 Å². The molecule has 2 fully saturated rings. The summed E-state index contributed by atoms with van der Waals surface area (Å²) in [6, 6.07) is 5.46. The number of fused-ring (bicyclic) bond motifs is 1. The Labute approximate surface area is 186 Å². The number of hydrogen-bond donors (Lipinski definition) is 1. The van der Waals surface area contributed by atoms with E-state index in [1.165, 1.54) is 12.3 Å². The van der Waals surface area contributed by atoms with E-state index < -0.39 is 5.82 Å². The number of carbonyl (C=O) groups is 1. The van der Waals surface area contributed by atoms with E-state index in [1.807, 2.05) is 0 Å². The van der Waals surface area contributed by atoms with Gasteiger partial charge < -0.3 is 14.5 Å². The Kier molecular flexibility index (Phi) is 5.89. The summed E-state index contributed by atoms with van der Waals surface area (Å²) in [6.07, 6.45) is 6.91. The zero-order valence-corrected chi connectivity index (χ0v) is 18.1. The number of carbonyl (C=O) groups excluding carboxylic acids is 1. The fourth-order valence-corrected chi connectivity index (χ4v) is 4.78. The molecule has 3 heterocycles. The summed E-state index contributed by atoms with van der Waals surface area (Å²) in [5.74, 6) is 0.927. The van der Waals surface area contributed by atoms with E-state index in [2.05, 4.69) is 20.2 Å². The van der Waals surface area contributed by atoms with Gasteiger partial charge in [-0.05, 0) is 49.3 Å². The Bertz CT molecular complexity index is 1120. The maximum Gasteiger partial charge on any atom is 0.228 e. The van der Waals surface area contributed by atoms with E-state index in [0.29, 0.717) is 34.5 Å². The molecule has 0 radical (unpaired) electrons. The molecule has 1 saturated carbocycles. The second-order valence-electron chi connectivity index (χ2n) is 8.64. The van der Waals surface area contributed by atoms with E-state index in [0.717, 1.165) is 57.4 Å². The SMILES string of the molecule is Cc1ncc(-c2cc3cc(NC(=O)[C@H]4CC[C@H](N5CCOCC5)CC4)ncc3cc2F)o1. The number of nitrogens with zero attached hydrogens (tertiary/aromatic N) is 3. The van der Waals surface area contributed by atoms with Gasteiger partial charge in [-0.15, -0.1) is 0 Å². The number of hydrogen-bond acceptors (Lipinski definition) is 6. The van der Waals surface area contributed by atoms with Crippen molar-refractivity contribution < 1.29 is 18.3 Å². The number of benzene rings is 1. The molecule has 2 aromatic heterocycles. The summed E-state index contributed by atoms with van der Waals surface area (Å²) in [5.41, 5.74) is 0.336. The number of aromatic nitrogens is 2. The molecule has 0 spiro atoms. The predicted octanol–water partition coefficient (Wildman–Crippen LogP) is 4.17. The van der Waals surface area contributed by atoms with Crippen molar-refractivity contribution in [3.8, 4) is 11.3 Å². The highest BCUT2D eigenvalue weighted by molar-refractivity contribution is 5.95. The van der Waals surface area contributed by atoms with Gasteiger partial charge in [-0.2, -0.15) is 0 Å². The Morgan fingerprint density at radius 2 is 1.84 bits per heavy atom. The number of amides is 1.